The van der Waals surface area contributed by atoms with Gasteiger partial charge in [-0.2, -0.15) is 0 Å². The van der Waals surface area contributed by atoms with Crippen LogP contribution in [0.1, 0.15) is 11.1 Å². The minimum absolute atomic E-state index is 0.287. The molecule has 1 aromatic carbocycles. The predicted molar refractivity (Wildman–Crippen MR) is 69.9 cm³/mol. The van der Waals surface area contributed by atoms with Gasteiger partial charge in [-0.1, -0.05) is 17.7 Å². The molecule has 0 amide bonds. The molecule has 94 valence electrons. The largest absolute Gasteiger partial charge is 0.480 e. The van der Waals surface area contributed by atoms with Crippen LogP contribution in [-0.4, -0.2) is 30.7 Å². The second-order valence-electron chi connectivity index (χ2n) is 4.00. The minimum Gasteiger partial charge on any atom is -0.480 e. The Labute approximate surface area is 106 Å². The molecule has 0 bridgehead atoms. The molecule has 0 fully saturated rings. The lowest BCUT2D eigenvalue weighted by Gasteiger charge is -2.16. The van der Waals surface area contributed by atoms with Crippen LogP contribution in [-0.2, 0) is 4.79 Å². The number of nitrogens with one attached hydrogen (secondary N) is 2. The van der Waals surface area contributed by atoms with Crippen LogP contribution in [0.4, 0.5) is 5.69 Å². The van der Waals surface area contributed by atoms with E-state index < -0.39 is 12.0 Å². The maximum atomic E-state index is 10.8. The summed E-state index contributed by atoms with van der Waals surface area (Å²) in [6.07, 6.45) is 0. The highest BCUT2D eigenvalue weighted by Crippen LogP contribution is 2.27. The van der Waals surface area contributed by atoms with Crippen molar-refractivity contribution in [3.05, 3.63) is 28.3 Å². The topological polar surface area (TPSA) is 61.4 Å². The Hall–Kier alpha value is -1.26. The van der Waals surface area contributed by atoms with Crippen molar-refractivity contribution in [2.24, 2.45) is 0 Å². The predicted octanol–water partition coefficient (Wildman–Crippen LogP) is 2.04. The highest BCUT2D eigenvalue weighted by molar-refractivity contribution is 6.33. The first-order valence-corrected chi connectivity index (χ1v) is 5.74. The third kappa shape index (κ3) is 3.61. The van der Waals surface area contributed by atoms with E-state index in [0.29, 0.717) is 5.02 Å². The quantitative estimate of drug-likeness (QED) is 0.755. The second kappa shape index (κ2) is 5.89. The van der Waals surface area contributed by atoms with Gasteiger partial charge in [-0.15, -0.1) is 0 Å². The molecule has 0 saturated carbocycles. The maximum absolute atomic E-state index is 10.8. The third-order valence-corrected chi connectivity index (χ3v) is 2.86. The lowest BCUT2D eigenvalue weighted by molar-refractivity contribution is -0.138. The van der Waals surface area contributed by atoms with Gasteiger partial charge in [0.1, 0.15) is 6.04 Å². The third-order valence-electron chi connectivity index (χ3n) is 2.56. The highest BCUT2D eigenvalue weighted by Gasteiger charge is 2.15. The van der Waals surface area contributed by atoms with E-state index in [1.54, 1.807) is 7.05 Å². The molecule has 3 N–H and O–H groups in total. The van der Waals surface area contributed by atoms with Gasteiger partial charge in [0.15, 0.2) is 0 Å². The van der Waals surface area contributed by atoms with Crippen LogP contribution in [0.2, 0.25) is 5.02 Å². The number of aliphatic carboxylic acids is 1. The molecule has 4 nitrogen and oxygen atoms in total. The number of likely N-dealkylation sites (N-methyl/N-ethyl adjacent to an activating group) is 1. The molecule has 0 aliphatic heterocycles. The fraction of sp³-hybridized carbons (Fsp3) is 0.417. The Kier molecular flexibility index (Phi) is 4.78. The fourth-order valence-electron chi connectivity index (χ4n) is 1.66. The molecule has 1 aromatic rings. The van der Waals surface area contributed by atoms with Crippen molar-refractivity contribution in [3.63, 3.8) is 0 Å². The van der Waals surface area contributed by atoms with E-state index in [4.69, 9.17) is 16.7 Å². The Bertz CT molecular complexity index is 398. The Morgan fingerprint density at radius 3 is 2.59 bits per heavy atom. The number of hydrogen-bond acceptors (Lipinski definition) is 3. The average Bonchev–Trinajstić information content (AvgIpc) is 2.21. The number of hydrogen-bond donors (Lipinski definition) is 3. The molecule has 5 heteroatoms. The first kappa shape index (κ1) is 13.8. The zero-order valence-electron chi connectivity index (χ0n) is 10.2. The molecular weight excluding hydrogens is 240 g/mol. The zero-order valence-corrected chi connectivity index (χ0v) is 10.9. The molecule has 0 spiro atoms. The second-order valence-corrected chi connectivity index (χ2v) is 4.41. The van der Waals surface area contributed by atoms with E-state index in [1.165, 1.54) is 0 Å². The van der Waals surface area contributed by atoms with E-state index >= 15 is 0 Å². The monoisotopic (exact) mass is 256 g/mol. The average molecular weight is 257 g/mol. The summed E-state index contributed by atoms with van der Waals surface area (Å²) in [7, 11) is 1.62. The number of anilines is 1. The number of carboxylic acid groups (broad SMARTS) is 1. The molecule has 0 aromatic heterocycles. The van der Waals surface area contributed by atoms with Gasteiger partial charge in [0, 0.05) is 6.54 Å². The van der Waals surface area contributed by atoms with Crippen LogP contribution in [0.25, 0.3) is 0 Å². The first-order chi connectivity index (χ1) is 7.95. The molecule has 1 atom stereocenters. The molecule has 17 heavy (non-hydrogen) atoms. The fourth-order valence-corrected chi connectivity index (χ4v) is 2.04. The van der Waals surface area contributed by atoms with Gasteiger partial charge in [0.2, 0.25) is 0 Å². The first-order valence-electron chi connectivity index (χ1n) is 5.36. The smallest absolute Gasteiger partial charge is 0.322 e. The van der Waals surface area contributed by atoms with Gasteiger partial charge in [0.25, 0.3) is 0 Å². The molecule has 1 unspecified atom stereocenters. The van der Waals surface area contributed by atoms with E-state index in [2.05, 4.69) is 10.6 Å². The molecular formula is C12H17ClN2O2. The van der Waals surface area contributed by atoms with Crippen molar-refractivity contribution < 1.29 is 9.90 Å². The minimum atomic E-state index is -0.888. The summed E-state index contributed by atoms with van der Waals surface area (Å²) < 4.78 is 0. The number of aryl methyl sites for hydroxylation is 2. The summed E-state index contributed by atoms with van der Waals surface area (Å²) in [6, 6.07) is 3.22. The Morgan fingerprint density at radius 1 is 1.47 bits per heavy atom. The summed E-state index contributed by atoms with van der Waals surface area (Å²) in [5.41, 5.74) is 2.88. The van der Waals surface area contributed by atoms with Crippen LogP contribution >= 0.6 is 11.6 Å². The molecule has 0 saturated heterocycles. The summed E-state index contributed by atoms with van der Waals surface area (Å²) in [6.45, 7) is 4.20. The Balaban J connectivity index is 2.79. The zero-order chi connectivity index (χ0) is 13.0. The van der Waals surface area contributed by atoms with Gasteiger partial charge in [-0.25, -0.2) is 0 Å². The van der Waals surface area contributed by atoms with Crippen LogP contribution in [0.5, 0.6) is 0 Å². The van der Waals surface area contributed by atoms with Gasteiger partial charge in [-0.05, 0) is 38.1 Å². The van der Waals surface area contributed by atoms with Crippen LogP contribution < -0.4 is 10.6 Å². The Morgan fingerprint density at radius 2 is 2.12 bits per heavy atom. The van der Waals surface area contributed by atoms with Crippen LogP contribution in [0.15, 0.2) is 12.1 Å². The normalized spacial score (nSPS) is 12.2. The molecule has 0 aliphatic rings. The van der Waals surface area contributed by atoms with Crippen molar-refractivity contribution in [2.45, 2.75) is 19.9 Å². The standard InChI is InChI=1S/C12H17ClN2O2/c1-7-4-8(2)11(9(13)5-7)15-6-10(14-3)12(16)17/h4-5,10,14-15H,6H2,1-3H3,(H,16,17). The summed E-state index contributed by atoms with van der Waals surface area (Å²) in [5.74, 6) is -0.888. The molecule has 0 heterocycles. The SMILES string of the molecule is CNC(CNc1c(C)cc(C)cc1Cl)C(=O)O. The lowest BCUT2D eigenvalue weighted by atomic mass is 10.1. The summed E-state index contributed by atoms with van der Waals surface area (Å²) >= 11 is 6.11. The van der Waals surface area contributed by atoms with Gasteiger partial charge in [0.05, 0.1) is 10.7 Å². The van der Waals surface area contributed by atoms with E-state index in [9.17, 15) is 4.79 Å². The summed E-state index contributed by atoms with van der Waals surface area (Å²) in [4.78, 5) is 10.8. The number of carbonyl (C=O) groups is 1. The molecule has 1 rings (SSSR count). The van der Waals surface area contributed by atoms with E-state index in [1.807, 2.05) is 26.0 Å². The van der Waals surface area contributed by atoms with Gasteiger partial charge >= 0.3 is 5.97 Å². The lowest BCUT2D eigenvalue weighted by Crippen LogP contribution is -2.39. The molecule has 0 aliphatic carbocycles. The van der Waals surface area contributed by atoms with Crippen molar-refractivity contribution in [1.29, 1.82) is 0 Å². The number of carboxylic acids is 1. The summed E-state index contributed by atoms with van der Waals surface area (Å²) in [5, 5.41) is 15.3. The number of benzene rings is 1. The van der Waals surface area contributed by atoms with E-state index in [0.717, 1.165) is 16.8 Å². The van der Waals surface area contributed by atoms with E-state index in [-0.39, 0.29) is 6.54 Å². The van der Waals surface area contributed by atoms with Gasteiger partial charge < -0.3 is 15.7 Å². The number of halogens is 1. The van der Waals surface area contributed by atoms with Crippen LogP contribution in [0, 0.1) is 13.8 Å². The van der Waals surface area contributed by atoms with Crippen molar-refractivity contribution in [3.8, 4) is 0 Å². The highest BCUT2D eigenvalue weighted by atomic mass is 35.5. The molecule has 0 radical (unpaired) electrons. The van der Waals surface area contributed by atoms with Crippen molar-refractivity contribution in [1.82, 2.24) is 5.32 Å². The van der Waals surface area contributed by atoms with Crippen molar-refractivity contribution >= 4 is 23.3 Å². The number of rotatable bonds is 5. The van der Waals surface area contributed by atoms with Gasteiger partial charge in [-0.3, -0.25) is 4.79 Å². The maximum Gasteiger partial charge on any atom is 0.322 e. The van der Waals surface area contributed by atoms with Crippen molar-refractivity contribution in [2.75, 3.05) is 18.9 Å². The van der Waals surface area contributed by atoms with Crippen LogP contribution in [0.3, 0.4) is 0 Å².